The van der Waals surface area contributed by atoms with Gasteiger partial charge in [0.15, 0.2) is 6.23 Å². The first-order chi connectivity index (χ1) is 14.2. The van der Waals surface area contributed by atoms with Crippen LogP contribution in [0.3, 0.4) is 0 Å². The summed E-state index contributed by atoms with van der Waals surface area (Å²) in [5.41, 5.74) is 2.97. The molecule has 0 radical (unpaired) electrons. The zero-order chi connectivity index (χ0) is 19.8. The number of fused-ring (bicyclic) bond motifs is 3. The molecule has 0 saturated carbocycles. The van der Waals surface area contributed by atoms with Crippen LogP contribution >= 0.6 is 0 Å². The highest BCUT2D eigenvalue weighted by Gasteiger charge is 2.31. The van der Waals surface area contributed by atoms with E-state index in [4.69, 9.17) is 4.74 Å². The van der Waals surface area contributed by atoms with Gasteiger partial charge in [0.1, 0.15) is 5.75 Å². The Morgan fingerprint density at radius 2 is 1.59 bits per heavy atom. The maximum atomic E-state index is 11.2. The third-order valence-corrected chi connectivity index (χ3v) is 5.30. The molecule has 0 saturated heterocycles. The van der Waals surface area contributed by atoms with Crippen LogP contribution in [0.1, 0.15) is 29.0 Å². The van der Waals surface area contributed by atoms with Crippen molar-refractivity contribution in [3.05, 3.63) is 118 Å². The van der Waals surface area contributed by atoms with Crippen molar-refractivity contribution >= 4 is 16.5 Å². The van der Waals surface area contributed by atoms with Gasteiger partial charge in [0, 0.05) is 23.3 Å². The number of nitrogens with one attached hydrogen (secondary N) is 1. The van der Waals surface area contributed by atoms with Gasteiger partial charge >= 0.3 is 0 Å². The summed E-state index contributed by atoms with van der Waals surface area (Å²) in [5, 5.41) is 17.0. The predicted molar refractivity (Wildman–Crippen MR) is 112 cm³/mol. The van der Waals surface area contributed by atoms with E-state index >= 15 is 0 Å². The number of benzene rings is 4. The second kappa shape index (κ2) is 7.04. The Morgan fingerprint density at radius 1 is 0.828 bits per heavy atom. The molecule has 0 unspecified atom stereocenters. The third kappa shape index (κ3) is 3.11. The molecule has 4 aromatic rings. The number of non-ortho nitro benzene ring substituents is 1. The molecular formula is C24H18N2O3. The molecule has 142 valence electrons. The number of hydrogen-bond donors (Lipinski definition) is 1. The molecule has 1 N–H and O–H groups in total. The first kappa shape index (κ1) is 17.4. The zero-order valence-corrected chi connectivity index (χ0v) is 15.5. The van der Waals surface area contributed by atoms with Gasteiger partial charge in [-0.25, -0.2) is 0 Å². The van der Waals surface area contributed by atoms with Crippen LogP contribution in [0, 0.1) is 10.1 Å². The van der Waals surface area contributed by atoms with Gasteiger partial charge in [-0.05, 0) is 22.4 Å². The maximum absolute atomic E-state index is 11.2. The second-order valence-corrected chi connectivity index (χ2v) is 7.06. The van der Waals surface area contributed by atoms with Crippen molar-refractivity contribution in [1.29, 1.82) is 0 Å². The van der Waals surface area contributed by atoms with Gasteiger partial charge in [-0.3, -0.25) is 15.4 Å². The van der Waals surface area contributed by atoms with E-state index in [2.05, 4.69) is 29.6 Å². The first-order valence-corrected chi connectivity index (χ1v) is 9.44. The number of rotatable bonds is 3. The van der Waals surface area contributed by atoms with E-state index in [-0.39, 0.29) is 16.7 Å². The summed E-state index contributed by atoms with van der Waals surface area (Å²) >= 11 is 0. The van der Waals surface area contributed by atoms with E-state index in [0.717, 1.165) is 33.2 Å². The Hall–Kier alpha value is -3.70. The molecule has 29 heavy (non-hydrogen) atoms. The quantitative estimate of drug-likeness (QED) is 0.374. The lowest BCUT2D eigenvalue weighted by molar-refractivity contribution is -0.385. The molecule has 0 fully saturated rings. The average Bonchev–Trinajstić information content (AvgIpc) is 2.78. The van der Waals surface area contributed by atoms with Gasteiger partial charge in [0.05, 0.1) is 11.0 Å². The second-order valence-electron chi connectivity index (χ2n) is 7.06. The van der Waals surface area contributed by atoms with E-state index in [1.54, 1.807) is 12.1 Å². The molecule has 5 heteroatoms. The van der Waals surface area contributed by atoms with Gasteiger partial charge in [-0.15, -0.1) is 0 Å². The fourth-order valence-electron chi connectivity index (χ4n) is 3.95. The number of nitro benzene ring substituents is 1. The van der Waals surface area contributed by atoms with Crippen LogP contribution in [0.15, 0.2) is 91.0 Å². The van der Waals surface area contributed by atoms with E-state index in [0.29, 0.717) is 0 Å². The summed E-state index contributed by atoms with van der Waals surface area (Å²) in [6, 6.07) is 28.9. The van der Waals surface area contributed by atoms with Crippen LogP contribution in [0.4, 0.5) is 5.69 Å². The maximum Gasteiger partial charge on any atom is 0.269 e. The van der Waals surface area contributed by atoms with Crippen molar-refractivity contribution in [3.8, 4) is 5.75 Å². The highest BCUT2D eigenvalue weighted by atomic mass is 16.6. The zero-order valence-electron chi connectivity index (χ0n) is 15.5. The Bertz CT molecular complexity index is 1210. The normalized spacial score (nSPS) is 18.1. The van der Waals surface area contributed by atoms with Crippen molar-refractivity contribution in [3.63, 3.8) is 0 Å². The molecule has 1 heterocycles. The fourth-order valence-corrected chi connectivity index (χ4v) is 3.95. The average molecular weight is 382 g/mol. The van der Waals surface area contributed by atoms with Crippen molar-refractivity contribution < 1.29 is 9.66 Å². The van der Waals surface area contributed by atoms with Crippen LogP contribution in [-0.4, -0.2) is 4.92 Å². The summed E-state index contributed by atoms with van der Waals surface area (Å²) in [6.07, 6.45) is -0.492. The lowest BCUT2D eigenvalue weighted by Crippen LogP contribution is -2.35. The van der Waals surface area contributed by atoms with Crippen LogP contribution in [0.5, 0.6) is 5.75 Å². The van der Waals surface area contributed by atoms with E-state index in [1.807, 2.05) is 48.5 Å². The molecule has 5 nitrogen and oxygen atoms in total. The predicted octanol–water partition coefficient (Wildman–Crippen LogP) is 5.52. The minimum Gasteiger partial charge on any atom is -0.471 e. The fraction of sp³-hybridized carbons (Fsp3) is 0.0833. The highest BCUT2D eigenvalue weighted by Crippen LogP contribution is 2.42. The van der Waals surface area contributed by atoms with Gasteiger partial charge in [-0.1, -0.05) is 72.8 Å². The molecule has 1 aliphatic rings. The molecule has 5 rings (SSSR count). The Balaban J connectivity index is 1.66. The summed E-state index contributed by atoms with van der Waals surface area (Å²) in [6.45, 7) is 0. The first-order valence-electron chi connectivity index (χ1n) is 9.44. The van der Waals surface area contributed by atoms with Gasteiger partial charge in [0.25, 0.3) is 5.69 Å². The standard InChI is InChI=1S/C24H18N2O3/c27-26(28)19-11-6-10-18(15-19)24-25-23(17-8-2-1-3-9-17)22-20-12-5-4-7-16(20)13-14-21(22)29-24/h1-15,23-25H/t23-,24+/m0/s1. The SMILES string of the molecule is O=[N+]([O-])c1cccc([C@@H]2N[C@@H](c3ccccc3)c3c(ccc4ccccc34)O2)c1. The summed E-state index contributed by atoms with van der Waals surface area (Å²) in [5.74, 6) is 0.785. The highest BCUT2D eigenvalue weighted by molar-refractivity contribution is 5.89. The van der Waals surface area contributed by atoms with E-state index in [1.165, 1.54) is 6.07 Å². The van der Waals surface area contributed by atoms with Gasteiger partial charge in [-0.2, -0.15) is 0 Å². The largest absolute Gasteiger partial charge is 0.471 e. The molecule has 2 atom stereocenters. The Kier molecular flexibility index (Phi) is 4.22. The minimum absolute atomic E-state index is 0.0495. The smallest absolute Gasteiger partial charge is 0.269 e. The minimum atomic E-state index is -0.492. The third-order valence-electron chi connectivity index (χ3n) is 5.30. The number of nitro groups is 1. The van der Waals surface area contributed by atoms with Gasteiger partial charge in [0.2, 0.25) is 0 Å². The molecule has 0 amide bonds. The monoisotopic (exact) mass is 382 g/mol. The molecule has 0 bridgehead atoms. The Labute approximate surface area is 167 Å². The van der Waals surface area contributed by atoms with Crippen molar-refractivity contribution in [2.75, 3.05) is 0 Å². The van der Waals surface area contributed by atoms with Crippen LogP contribution in [0.2, 0.25) is 0 Å². The van der Waals surface area contributed by atoms with E-state index in [9.17, 15) is 10.1 Å². The molecule has 1 aliphatic heterocycles. The molecule has 0 aliphatic carbocycles. The van der Waals surface area contributed by atoms with Crippen molar-refractivity contribution in [1.82, 2.24) is 5.32 Å². The molecular weight excluding hydrogens is 364 g/mol. The molecule has 4 aromatic carbocycles. The molecule has 0 spiro atoms. The topological polar surface area (TPSA) is 64.4 Å². The van der Waals surface area contributed by atoms with Crippen molar-refractivity contribution in [2.45, 2.75) is 12.3 Å². The van der Waals surface area contributed by atoms with Crippen molar-refractivity contribution in [2.24, 2.45) is 0 Å². The lowest BCUT2D eigenvalue weighted by Gasteiger charge is -2.35. The number of hydrogen-bond acceptors (Lipinski definition) is 4. The van der Waals surface area contributed by atoms with Crippen LogP contribution in [0.25, 0.3) is 10.8 Å². The van der Waals surface area contributed by atoms with Crippen LogP contribution in [-0.2, 0) is 0 Å². The number of ether oxygens (including phenoxy) is 1. The molecule has 0 aromatic heterocycles. The summed E-state index contributed by atoms with van der Waals surface area (Å²) in [4.78, 5) is 10.8. The van der Waals surface area contributed by atoms with Crippen LogP contribution < -0.4 is 10.1 Å². The summed E-state index contributed by atoms with van der Waals surface area (Å²) < 4.78 is 6.28. The van der Waals surface area contributed by atoms with Gasteiger partial charge < -0.3 is 4.74 Å². The van der Waals surface area contributed by atoms with E-state index < -0.39 is 6.23 Å². The lowest BCUT2D eigenvalue weighted by atomic mass is 9.91. The Morgan fingerprint density at radius 3 is 2.41 bits per heavy atom. The number of nitrogens with zero attached hydrogens (tertiary/aromatic N) is 1. The summed E-state index contributed by atoms with van der Waals surface area (Å²) in [7, 11) is 0.